The first-order chi connectivity index (χ1) is 11.6. The molecule has 0 amide bonds. The lowest BCUT2D eigenvalue weighted by Gasteiger charge is -2.03. The Morgan fingerprint density at radius 1 is 1.00 bits per heavy atom. The van der Waals surface area contributed by atoms with Gasteiger partial charge in [-0.25, -0.2) is 9.67 Å². The normalized spacial score (nSPS) is 11.5. The van der Waals surface area contributed by atoms with Crippen LogP contribution in [0.5, 0.6) is 0 Å². The van der Waals surface area contributed by atoms with E-state index in [0.717, 1.165) is 16.7 Å². The van der Waals surface area contributed by atoms with Crippen molar-refractivity contribution < 1.29 is 4.42 Å². The Kier molecular flexibility index (Phi) is 3.37. The average Bonchev–Trinajstić information content (AvgIpc) is 3.24. The summed E-state index contributed by atoms with van der Waals surface area (Å²) in [6, 6.07) is 4.26. The number of aryl methyl sites for hydroxylation is 3. The van der Waals surface area contributed by atoms with Crippen LogP contribution in [0.1, 0.15) is 28.6 Å². The molecule has 8 nitrogen and oxygen atoms in total. The molecule has 0 fully saturated rings. The molecule has 0 spiro atoms. The molecule has 4 rings (SSSR count). The molecule has 3 aromatic heterocycles. The number of hydrogen-bond acceptors (Lipinski definition) is 6. The molecule has 0 saturated carbocycles. The second kappa shape index (κ2) is 5.55. The van der Waals surface area contributed by atoms with Crippen LogP contribution in [0, 0.1) is 20.8 Å². The van der Waals surface area contributed by atoms with Crippen LogP contribution in [-0.2, 0) is 13.1 Å². The molecule has 0 atom stereocenters. The highest BCUT2D eigenvalue weighted by atomic mass is 16.4. The predicted octanol–water partition coefficient (Wildman–Crippen LogP) is 2.03. The van der Waals surface area contributed by atoms with Gasteiger partial charge >= 0.3 is 0 Å². The summed E-state index contributed by atoms with van der Waals surface area (Å²) in [5.41, 5.74) is 5.43. The van der Waals surface area contributed by atoms with E-state index in [0.29, 0.717) is 24.9 Å². The first kappa shape index (κ1) is 14.6. The van der Waals surface area contributed by atoms with Gasteiger partial charge in [0.15, 0.2) is 0 Å². The molecule has 0 aliphatic heterocycles. The maximum atomic E-state index is 5.36. The van der Waals surface area contributed by atoms with Crippen molar-refractivity contribution in [3.8, 4) is 0 Å². The Balaban J connectivity index is 1.57. The molecule has 24 heavy (non-hydrogen) atoms. The fraction of sp³-hybridized carbons (Fsp3) is 0.312. The number of nitrogens with zero attached hydrogens (tertiary/aromatic N) is 7. The van der Waals surface area contributed by atoms with E-state index in [-0.39, 0.29) is 0 Å². The van der Waals surface area contributed by atoms with E-state index >= 15 is 0 Å². The monoisotopic (exact) mass is 323 g/mol. The molecule has 3 heterocycles. The van der Waals surface area contributed by atoms with Gasteiger partial charge in [-0.05, 0) is 37.1 Å². The van der Waals surface area contributed by atoms with Crippen molar-refractivity contribution >= 4 is 11.0 Å². The minimum atomic E-state index is 0.414. The maximum absolute atomic E-state index is 5.36. The fourth-order valence-electron chi connectivity index (χ4n) is 2.64. The molecule has 0 N–H and O–H groups in total. The van der Waals surface area contributed by atoms with Crippen LogP contribution in [0.25, 0.3) is 11.0 Å². The number of hydrogen-bond donors (Lipinski definition) is 0. The van der Waals surface area contributed by atoms with Crippen LogP contribution >= 0.6 is 0 Å². The Labute approximate surface area is 138 Å². The zero-order chi connectivity index (χ0) is 16.7. The van der Waals surface area contributed by atoms with Gasteiger partial charge in [-0.1, -0.05) is 5.21 Å². The summed E-state index contributed by atoms with van der Waals surface area (Å²) in [4.78, 5) is 4.47. The van der Waals surface area contributed by atoms with E-state index in [1.54, 1.807) is 11.6 Å². The van der Waals surface area contributed by atoms with Crippen molar-refractivity contribution in [1.29, 1.82) is 0 Å². The Morgan fingerprint density at radius 3 is 2.62 bits per heavy atom. The van der Waals surface area contributed by atoms with Crippen molar-refractivity contribution in [2.24, 2.45) is 0 Å². The highest BCUT2D eigenvalue weighted by molar-refractivity contribution is 5.77. The van der Waals surface area contributed by atoms with Crippen LogP contribution in [0.2, 0.25) is 0 Å². The second-order valence-corrected chi connectivity index (χ2v) is 5.92. The molecule has 122 valence electrons. The summed E-state index contributed by atoms with van der Waals surface area (Å²) in [6.07, 6.45) is 3.72. The van der Waals surface area contributed by atoms with Crippen molar-refractivity contribution in [3.63, 3.8) is 0 Å². The van der Waals surface area contributed by atoms with E-state index in [1.807, 2.05) is 12.5 Å². The lowest BCUT2D eigenvalue weighted by molar-refractivity contribution is 0.441. The smallest absolute Gasteiger partial charge is 0.237 e. The number of fused-ring (bicyclic) bond motifs is 1. The van der Waals surface area contributed by atoms with Gasteiger partial charge in [0, 0.05) is 6.92 Å². The quantitative estimate of drug-likeness (QED) is 0.571. The average molecular weight is 323 g/mol. The predicted molar refractivity (Wildman–Crippen MR) is 86.5 cm³/mol. The third kappa shape index (κ3) is 2.66. The minimum absolute atomic E-state index is 0.414. The van der Waals surface area contributed by atoms with E-state index < -0.39 is 0 Å². The summed E-state index contributed by atoms with van der Waals surface area (Å²) < 4.78 is 9.13. The summed E-state index contributed by atoms with van der Waals surface area (Å²) in [6.45, 7) is 6.99. The standard InChI is InChI=1S/C16H17N7O/c1-10-4-14-15(5-11(10)2)22(9-17-14)6-13-7-23(21-19-13)8-16-20-18-12(3)24-16/h4-5,7,9H,6,8H2,1-3H3. The van der Waals surface area contributed by atoms with Gasteiger partial charge in [0.2, 0.25) is 11.8 Å². The topological polar surface area (TPSA) is 87.5 Å². The molecule has 0 unspecified atom stereocenters. The molecule has 0 bridgehead atoms. The van der Waals surface area contributed by atoms with E-state index in [2.05, 4.69) is 56.0 Å². The van der Waals surface area contributed by atoms with Gasteiger partial charge in [0.25, 0.3) is 0 Å². The Morgan fingerprint density at radius 2 is 1.83 bits per heavy atom. The largest absolute Gasteiger partial charge is 0.424 e. The van der Waals surface area contributed by atoms with E-state index in [1.165, 1.54) is 11.1 Å². The van der Waals surface area contributed by atoms with Crippen LogP contribution < -0.4 is 0 Å². The van der Waals surface area contributed by atoms with Crippen LogP contribution in [0.15, 0.2) is 29.1 Å². The van der Waals surface area contributed by atoms with E-state index in [4.69, 9.17) is 4.42 Å². The zero-order valence-electron chi connectivity index (χ0n) is 13.8. The van der Waals surface area contributed by atoms with Crippen molar-refractivity contribution in [2.75, 3.05) is 0 Å². The number of rotatable bonds is 4. The molecule has 0 radical (unpaired) electrons. The van der Waals surface area contributed by atoms with Crippen molar-refractivity contribution in [1.82, 2.24) is 34.7 Å². The SMILES string of the molecule is Cc1nnc(Cn2cc(Cn3cnc4cc(C)c(C)cc43)nn2)o1. The summed E-state index contributed by atoms with van der Waals surface area (Å²) >= 11 is 0. The summed E-state index contributed by atoms with van der Waals surface area (Å²) in [5.74, 6) is 1.06. The lowest BCUT2D eigenvalue weighted by atomic mass is 10.1. The first-order valence-corrected chi connectivity index (χ1v) is 7.68. The third-order valence-electron chi connectivity index (χ3n) is 4.02. The van der Waals surface area contributed by atoms with Crippen LogP contribution in [-0.4, -0.2) is 34.7 Å². The number of aromatic nitrogens is 7. The lowest BCUT2D eigenvalue weighted by Crippen LogP contribution is -2.01. The Bertz CT molecular complexity index is 1010. The van der Waals surface area contributed by atoms with Gasteiger partial charge < -0.3 is 8.98 Å². The molecular weight excluding hydrogens is 306 g/mol. The molecule has 8 heteroatoms. The number of benzene rings is 1. The van der Waals surface area contributed by atoms with Gasteiger partial charge in [-0.2, -0.15) is 0 Å². The molecule has 0 saturated heterocycles. The van der Waals surface area contributed by atoms with Crippen molar-refractivity contribution in [2.45, 2.75) is 33.9 Å². The molecule has 1 aromatic carbocycles. The molecule has 4 aromatic rings. The van der Waals surface area contributed by atoms with Gasteiger partial charge in [0.05, 0.1) is 30.1 Å². The Hall–Kier alpha value is -3.03. The highest BCUT2D eigenvalue weighted by Gasteiger charge is 2.09. The highest BCUT2D eigenvalue weighted by Crippen LogP contribution is 2.19. The first-order valence-electron chi connectivity index (χ1n) is 7.68. The fourth-order valence-corrected chi connectivity index (χ4v) is 2.64. The molecule has 0 aliphatic rings. The number of imidazole rings is 1. The van der Waals surface area contributed by atoms with Crippen LogP contribution in [0.3, 0.4) is 0 Å². The molecule has 0 aliphatic carbocycles. The second-order valence-electron chi connectivity index (χ2n) is 5.92. The summed E-state index contributed by atoms with van der Waals surface area (Å²) in [5, 5.41) is 16.1. The zero-order valence-corrected chi connectivity index (χ0v) is 13.8. The maximum Gasteiger partial charge on any atom is 0.237 e. The van der Waals surface area contributed by atoms with Gasteiger partial charge in [-0.15, -0.1) is 15.3 Å². The van der Waals surface area contributed by atoms with Crippen molar-refractivity contribution in [3.05, 3.63) is 53.3 Å². The molecular formula is C16H17N7O. The minimum Gasteiger partial charge on any atom is -0.424 e. The van der Waals surface area contributed by atoms with Gasteiger partial charge in [0.1, 0.15) is 12.2 Å². The van der Waals surface area contributed by atoms with Gasteiger partial charge in [-0.3, -0.25) is 0 Å². The summed E-state index contributed by atoms with van der Waals surface area (Å²) in [7, 11) is 0. The van der Waals surface area contributed by atoms with Crippen LogP contribution in [0.4, 0.5) is 0 Å². The van der Waals surface area contributed by atoms with E-state index in [9.17, 15) is 0 Å². The third-order valence-corrected chi connectivity index (χ3v) is 4.02.